The van der Waals surface area contributed by atoms with Gasteiger partial charge < -0.3 is 9.72 Å². The number of nitrogens with one attached hydrogen (secondary N) is 1. The molecule has 5 nitrogen and oxygen atoms in total. The van der Waals surface area contributed by atoms with E-state index in [4.69, 9.17) is 4.74 Å². The van der Waals surface area contributed by atoms with E-state index in [0.717, 1.165) is 40.8 Å². The van der Waals surface area contributed by atoms with Crippen LogP contribution in [-0.2, 0) is 11.3 Å². The highest BCUT2D eigenvalue weighted by atomic mass is 32.1. The molecule has 124 valence electrons. The number of H-pyrrole nitrogens is 1. The second kappa shape index (κ2) is 6.47. The van der Waals surface area contributed by atoms with E-state index >= 15 is 0 Å². The minimum absolute atomic E-state index is 0.0604. The maximum atomic E-state index is 12.4. The Morgan fingerprint density at radius 3 is 3.00 bits per heavy atom. The summed E-state index contributed by atoms with van der Waals surface area (Å²) in [5, 5.41) is 0.665. The first-order valence-corrected chi connectivity index (χ1v) is 8.93. The topological polar surface area (TPSA) is 58.2 Å². The molecule has 4 rings (SSSR count). The SMILES string of the molecule is CC1CN(Cc2nc3sc(-c4ccccc4)cc3c(=O)[nH]2)CCO1. The maximum Gasteiger partial charge on any atom is 0.259 e. The average molecular weight is 341 g/mol. The monoisotopic (exact) mass is 341 g/mol. The van der Waals surface area contributed by atoms with Crippen LogP contribution < -0.4 is 5.56 Å². The fourth-order valence-corrected chi connectivity index (χ4v) is 4.10. The minimum atomic E-state index is -0.0604. The lowest BCUT2D eigenvalue weighted by atomic mass is 10.2. The molecule has 1 aliphatic rings. The zero-order valence-corrected chi connectivity index (χ0v) is 14.3. The summed E-state index contributed by atoms with van der Waals surface area (Å²) in [5.41, 5.74) is 1.05. The first-order chi connectivity index (χ1) is 11.7. The zero-order valence-electron chi connectivity index (χ0n) is 13.5. The van der Waals surface area contributed by atoms with Crippen LogP contribution in [0.2, 0.25) is 0 Å². The van der Waals surface area contributed by atoms with Crippen molar-refractivity contribution in [3.05, 3.63) is 52.6 Å². The van der Waals surface area contributed by atoms with Crippen molar-refractivity contribution >= 4 is 21.6 Å². The Kier molecular flexibility index (Phi) is 4.18. The Balaban J connectivity index is 1.65. The van der Waals surface area contributed by atoms with Crippen molar-refractivity contribution < 1.29 is 4.74 Å². The maximum absolute atomic E-state index is 12.4. The Morgan fingerprint density at radius 2 is 2.21 bits per heavy atom. The summed E-state index contributed by atoms with van der Waals surface area (Å²) >= 11 is 1.57. The summed E-state index contributed by atoms with van der Waals surface area (Å²) in [4.78, 5) is 24.2. The quantitative estimate of drug-likeness (QED) is 0.796. The van der Waals surface area contributed by atoms with Crippen molar-refractivity contribution in [2.45, 2.75) is 19.6 Å². The van der Waals surface area contributed by atoms with Crippen LogP contribution >= 0.6 is 11.3 Å². The fourth-order valence-electron chi connectivity index (χ4n) is 3.04. The van der Waals surface area contributed by atoms with Gasteiger partial charge in [-0.3, -0.25) is 9.69 Å². The molecule has 0 radical (unpaired) electrons. The van der Waals surface area contributed by atoms with E-state index < -0.39 is 0 Å². The van der Waals surface area contributed by atoms with Gasteiger partial charge in [0.1, 0.15) is 10.7 Å². The largest absolute Gasteiger partial charge is 0.376 e. The predicted octanol–water partition coefficient (Wildman–Crippen LogP) is 2.87. The predicted molar refractivity (Wildman–Crippen MR) is 96.4 cm³/mol. The summed E-state index contributed by atoms with van der Waals surface area (Å²) in [7, 11) is 0. The number of aromatic nitrogens is 2. The number of ether oxygens (including phenoxy) is 1. The first kappa shape index (κ1) is 15.5. The highest BCUT2D eigenvalue weighted by Gasteiger charge is 2.18. The standard InChI is InChI=1S/C18H19N3O2S/c1-12-10-21(7-8-23-12)11-16-19-17(22)14-9-15(24-18(14)20-16)13-5-3-2-4-6-13/h2-6,9,12H,7-8,10-11H2,1H3,(H,19,20,22). The molecule has 1 aliphatic heterocycles. The van der Waals surface area contributed by atoms with Crippen molar-refractivity contribution in [3.8, 4) is 10.4 Å². The van der Waals surface area contributed by atoms with Gasteiger partial charge >= 0.3 is 0 Å². The molecule has 1 unspecified atom stereocenters. The third kappa shape index (κ3) is 3.13. The van der Waals surface area contributed by atoms with E-state index in [1.54, 1.807) is 11.3 Å². The second-order valence-corrected chi connectivity index (χ2v) is 7.16. The van der Waals surface area contributed by atoms with Crippen LogP contribution in [-0.4, -0.2) is 40.7 Å². The van der Waals surface area contributed by atoms with Crippen LogP contribution in [0.1, 0.15) is 12.7 Å². The van der Waals surface area contributed by atoms with Gasteiger partial charge in [-0.1, -0.05) is 30.3 Å². The molecule has 0 saturated carbocycles. The number of benzene rings is 1. The second-order valence-electron chi connectivity index (χ2n) is 6.12. The lowest BCUT2D eigenvalue weighted by Gasteiger charge is -2.30. The number of nitrogens with zero attached hydrogens (tertiary/aromatic N) is 2. The van der Waals surface area contributed by atoms with Crippen molar-refractivity contribution in [3.63, 3.8) is 0 Å². The van der Waals surface area contributed by atoms with Gasteiger partial charge in [0.15, 0.2) is 0 Å². The van der Waals surface area contributed by atoms with Crippen LogP contribution in [0.25, 0.3) is 20.7 Å². The molecule has 1 saturated heterocycles. The Morgan fingerprint density at radius 1 is 1.38 bits per heavy atom. The van der Waals surface area contributed by atoms with Gasteiger partial charge in [-0.25, -0.2) is 4.98 Å². The molecular formula is C18H19N3O2S. The highest BCUT2D eigenvalue weighted by molar-refractivity contribution is 7.21. The van der Waals surface area contributed by atoms with Gasteiger partial charge in [0.25, 0.3) is 5.56 Å². The Bertz CT molecular complexity index is 904. The highest BCUT2D eigenvalue weighted by Crippen LogP contribution is 2.30. The third-order valence-corrected chi connectivity index (χ3v) is 5.29. The summed E-state index contributed by atoms with van der Waals surface area (Å²) in [6.45, 7) is 5.17. The molecule has 3 heterocycles. The zero-order chi connectivity index (χ0) is 16.5. The van der Waals surface area contributed by atoms with Crippen molar-refractivity contribution in [1.82, 2.24) is 14.9 Å². The Hall–Kier alpha value is -2.02. The van der Waals surface area contributed by atoms with Gasteiger partial charge in [-0.05, 0) is 18.6 Å². The molecule has 0 amide bonds. The molecule has 3 aromatic rings. The molecule has 24 heavy (non-hydrogen) atoms. The van der Waals surface area contributed by atoms with E-state index in [1.807, 2.05) is 24.3 Å². The average Bonchev–Trinajstić information content (AvgIpc) is 3.00. The van der Waals surface area contributed by atoms with Crippen molar-refractivity contribution in [1.29, 1.82) is 0 Å². The first-order valence-electron chi connectivity index (χ1n) is 8.11. The molecule has 6 heteroatoms. The van der Waals surface area contributed by atoms with Crippen molar-refractivity contribution in [2.75, 3.05) is 19.7 Å². The lowest BCUT2D eigenvalue weighted by Crippen LogP contribution is -2.41. The molecule has 0 bridgehead atoms. The van der Waals surface area contributed by atoms with Gasteiger partial charge in [0.05, 0.1) is 24.6 Å². The molecule has 1 aromatic carbocycles. The van der Waals surface area contributed by atoms with Crippen LogP contribution in [0.3, 0.4) is 0 Å². The van der Waals surface area contributed by atoms with Crippen LogP contribution in [0.4, 0.5) is 0 Å². The van der Waals surface area contributed by atoms with Crippen LogP contribution in [0, 0.1) is 0 Å². The number of rotatable bonds is 3. The summed E-state index contributed by atoms with van der Waals surface area (Å²) in [6.07, 6.45) is 0.223. The Labute approximate surface area is 143 Å². The van der Waals surface area contributed by atoms with E-state index in [-0.39, 0.29) is 11.7 Å². The molecule has 0 spiro atoms. The van der Waals surface area contributed by atoms with Gasteiger partial charge in [-0.15, -0.1) is 11.3 Å². The van der Waals surface area contributed by atoms with E-state index in [2.05, 4.69) is 33.9 Å². The fraction of sp³-hybridized carbons (Fsp3) is 0.333. The minimum Gasteiger partial charge on any atom is -0.376 e. The molecule has 1 fully saturated rings. The van der Waals surface area contributed by atoms with E-state index in [0.29, 0.717) is 11.9 Å². The molecule has 1 N–H and O–H groups in total. The van der Waals surface area contributed by atoms with Crippen LogP contribution in [0.15, 0.2) is 41.2 Å². The lowest BCUT2D eigenvalue weighted by molar-refractivity contribution is -0.0219. The molecule has 0 aliphatic carbocycles. The normalized spacial score (nSPS) is 19.0. The number of morpholine rings is 1. The molecule has 2 aromatic heterocycles. The van der Waals surface area contributed by atoms with Crippen molar-refractivity contribution in [2.24, 2.45) is 0 Å². The van der Waals surface area contributed by atoms with E-state index in [1.165, 1.54) is 0 Å². The van der Waals surface area contributed by atoms with Gasteiger partial charge in [-0.2, -0.15) is 0 Å². The summed E-state index contributed by atoms with van der Waals surface area (Å²) in [6, 6.07) is 12.0. The van der Waals surface area contributed by atoms with Crippen LogP contribution in [0.5, 0.6) is 0 Å². The summed E-state index contributed by atoms with van der Waals surface area (Å²) in [5.74, 6) is 0.725. The number of aromatic amines is 1. The smallest absolute Gasteiger partial charge is 0.259 e. The van der Waals surface area contributed by atoms with Gasteiger partial charge in [0, 0.05) is 18.0 Å². The van der Waals surface area contributed by atoms with Gasteiger partial charge in [0.2, 0.25) is 0 Å². The number of hydrogen-bond donors (Lipinski definition) is 1. The summed E-state index contributed by atoms with van der Waals surface area (Å²) < 4.78 is 5.56. The molecule has 1 atom stereocenters. The third-order valence-electron chi connectivity index (χ3n) is 4.21. The number of thiophene rings is 1. The molecular weight excluding hydrogens is 322 g/mol. The van der Waals surface area contributed by atoms with E-state index in [9.17, 15) is 4.79 Å². The number of hydrogen-bond acceptors (Lipinski definition) is 5. The number of fused-ring (bicyclic) bond motifs is 1.